The van der Waals surface area contributed by atoms with E-state index in [4.69, 9.17) is 4.42 Å². The Hall–Kier alpha value is -2.18. The van der Waals surface area contributed by atoms with Crippen molar-refractivity contribution in [1.29, 1.82) is 0 Å². The molecule has 2 heterocycles. The van der Waals surface area contributed by atoms with Crippen LogP contribution in [0.15, 0.2) is 40.3 Å². The Labute approximate surface area is 198 Å². The van der Waals surface area contributed by atoms with Gasteiger partial charge in [-0.2, -0.15) is 0 Å². The molecule has 1 aromatic carbocycles. The molecule has 2 aromatic rings. The summed E-state index contributed by atoms with van der Waals surface area (Å²) in [7, 11) is 4.07. The van der Waals surface area contributed by atoms with E-state index in [2.05, 4.69) is 59.0 Å². The first-order valence-electron chi connectivity index (χ1n) is 12.5. The molecule has 180 valence electrons. The molecule has 4 rings (SSSR count). The second-order valence-electron chi connectivity index (χ2n) is 10.6. The topological polar surface area (TPSA) is 65.6 Å². The lowest BCUT2D eigenvalue weighted by molar-refractivity contribution is 0.0670. The fourth-order valence-electron chi connectivity index (χ4n) is 5.45. The van der Waals surface area contributed by atoms with Crippen molar-refractivity contribution in [1.82, 2.24) is 15.1 Å². The standard InChI is InChI=1S/C27H40N4O2/c1-18(2)25-15-21(19(3)14-22(25)17-31-12-10-24(32)11-13-31)16-26-28-29-27(33-26)20-6-8-23(9-7-20)30(4)5/h6-9,14,18,21-22,24-25,32H,10-13,15-17H2,1-5H3/t21-,22-,25-/m0/s1. The number of rotatable bonds is 7. The molecule has 0 spiro atoms. The van der Waals surface area contributed by atoms with Crippen LogP contribution in [0.5, 0.6) is 0 Å². The summed E-state index contributed by atoms with van der Waals surface area (Å²) in [5.41, 5.74) is 3.56. The lowest BCUT2D eigenvalue weighted by Crippen LogP contribution is -2.42. The van der Waals surface area contributed by atoms with Crippen LogP contribution >= 0.6 is 0 Å². The van der Waals surface area contributed by atoms with Gasteiger partial charge in [-0.15, -0.1) is 10.2 Å². The van der Waals surface area contributed by atoms with Crippen LogP contribution in [0.1, 0.15) is 45.9 Å². The third-order valence-electron chi connectivity index (χ3n) is 7.63. The van der Waals surface area contributed by atoms with Crippen LogP contribution in [0.2, 0.25) is 0 Å². The molecule has 1 fully saturated rings. The van der Waals surface area contributed by atoms with Crippen molar-refractivity contribution in [3.05, 3.63) is 41.8 Å². The number of allylic oxidation sites excluding steroid dienone is 1. The molecule has 6 heteroatoms. The maximum absolute atomic E-state index is 9.84. The van der Waals surface area contributed by atoms with Gasteiger partial charge in [-0.3, -0.25) is 0 Å². The van der Waals surface area contributed by atoms with Crippen LogP contribution in [0, 0.1) is 23.7 Å². The van der Waals surface area contributed by atoms with Crippen molar-refractivity contribution >= 4 is 5.69 Å². The number of aliphatic hydroxyl groups excluding tert-OH is 1. The third-order valence-corrected chi connectivity index (χ3v) is 7.63. The fraction of sp³-hybridized carbons (Fsp3) is 0.630. The third kappa shape index (κ3) is 5.85. The average molecular weight is 453 g/mol. The zero-order valence-electron chi connectivity index (χ0n) is 20.9. The first kappa shape index (κ1) is 24.0. The summed E-state index contributed by atoms with van der Waals surface area (Å²) in [4.78, 5) is 4.62. The van der Waals surface area contributed by atoms with Gasteiger partial charge in [0.1, 0.15) is 0 Å². The van der Waals surface area contributed by atoms with Crippen LogP contribution in [0.4, 0.5) is 5.69 Å². The highest BCUT2D eigenvalue weighted by Gasteiger charge is 2.34. The number of nitrogens with zero attached hydrogens (tertiary/aromatic N) is 4. The quantitative estimate of drug-likeness (QED) is 0.617. The highest BCUT2D eigenvalue weighted by molar-refractivity contribution is 5.58. The van der Waals surface area contributed by atoms with Gasteiger partial charge in [0.25, 0.3) is 0 Å². The van der Waals surface area contributed by atoms with Gasteiger partial charge in [-0.05, 0) is 74.1 Å². The van der Waals surface area contributed by atoms with E-state index in [0.29, 0.717) is 29.6 Å². The number of benzene rings is 1. The molecule has 1 saturated heterocycles. The molecule has 0 saturated carbocycles. The number of anilines is 1. The Morgan fingerprint density at radius 3 is 2.45 bits per heavy atom. The van der Waals surface area contributed by atoms with Crippen LogP contribution in [0.25, 0.3) is 11.5 Å². The largest absolute Gasteiger partial charge is 0.421 e. The summed E-state index contributed by atoms with van der Waals surface area (Å²) in [5, 5.41) is 18.5. The lowest BCUT2D eigenvalue weighted by Gasteiger charge is -2.40. The van der Waals surface area contributed by atoms with Crippen LogP contribution in [-0.2, 0) is 6.42 Å². The van der Waals surface area contributed by atoms with E-state index in [-0.39, 0.29) is 6.10 Å². The van der Waals surface area contributed by atoms with Crippen molar-refractivity contribution in [2.45, 2.75) is 52.6 Å². The summed E-state index contributed by atoms with van der Waals surface area (Å²) in [6, 6.07) is 8.22. The molecule has 2 aliphatic rings. The van der Waals surface area contributed by atoms with Crippen LogP contribution in [0.3, 0.4) is 0 Å². The Kier molecular flexibility index (Phi) is 7.55. The van der Waals surface area contributed by atoms with Gasteiger partial charge in [-0.1, -0.05) is 25.5 Å². The first-order valence-corrected chi connectivity index (χ1v) is 12.5. The second kappa shape index (κ2) is 10.4. The summed E-state index contributed by atoms with van der Waals surface area (Å²) in [5.74, 6) is 3.62. The van der Waals surface area contributed by atoms with E-state index in [1.807, 2.05) is 26.2 Å². The van der Waals surface area contributed by atoms with Gasteiger partial charge in [-0.25, -0.2) is 0 Å². The summed E-state index contributed by atoms with van der Waals surface area (Å²) in [6.07, 6.45) is 6.18. The predicted octanol–water partition coefficient (Wildman–Crippen LogP) is 4.66. The molecule has 1 aliphatic heterocycles. The predicted molar refractivity (Wildman–Crippen MR) is 133 cm³/mol. The van der Waals surface area contributed by atoms with Crippen LogP contribution in [-0.4, -0.2) is 60.0 Å². The molecule has 1 aliphatic carbocycles. The molecule has 0 bridgehead atoms. The molecule has 1 aromatic heterocycles. The normalized spacial score (nSPS) is 24.8. The summed E-state index contributed by atoms with van der Waals surface area (Å²) < 4.78 is 6.08. The number of hydrogen-bond donors (Lipinski definition) is 1. The van der Waals surface area contributed by atoms with Crippen LogP contribution < -0.4 is 4.90 Å². The molecule has 6 nitrogen and oxygen atoms in total. The minimum atomic E-state index is -0.111. The zero-order valence-corrected chi connectivity index (χ0v) is 20.9. The summed E-state index contributed by atoms with van der Waals surface area (Å²) in [6.45, 7) is 10.1. The van der Waals surface area contributed by atoms with Crippen molar-refractivity contribution < 1.29 is 9.52 Å². The number of hydrogen-bond acceptors (Lipinski definition) is 6. The molecule has 0 unspecified atom stereocenters. The maximum atomic E-state index is 9.84. The molecule has 0 amide bonds. The van der Waals surface area contributed by atoms with Crippen molar-refractivity contribution in [3.8, 4) is 11.5 Å². The number of likely N-dealkylation sites (tertiary alicyclic amines) is 1. The van der Waals surface area contributed by atoms with E-state index < -0.39 is 0 Å². The van der Waals surface area contributed by atoms with Gasteiger partial charge in [0.15, 0.2) is 0 Å². The van der Waals surface area contributed by atoms with Gasteiger partial charge in [0.2, 0.25) is 11.8 Å². The minimum Gasteiger partial charge on any atom is -0.421 e. The van der Waals surface area contributed by atoms with E-state index >= 15 is 0 Å². The zero-order chi connectivity index (χ0) is 23.5. The highest BCUT2D eigenvalue weighted by atomic mass is 16.4. The monoisotopic (exact) mass is 452 g/mol. The van der Waals surface area contributed by atoms with E-state index in [1.54, 1.807) is 0 Å². The van der Waals surface area contributed by atoms with Gasteiger partial charge < -0.3 is 19.3 Å². The van der Waals surface area contributed by atoms with E-state index in [9.17, 15) is 5.11 Å². The molecule has 0 radical (unpaired) electrons. The SMILES string of the molecule is CC1=C[C@@H](CN2CCC(O)CC2)[C@H](C(C)C)C[C@H]1Cc1nnc(-c2ccc(N(C)C)cc2)o1. The fourth-order valence-corrected chi connectivity index (χ4v) is 5.45. The average Bonchev–Trinajstić information content (AvgIpc) is 3.25. The van der Waals surface area contributed by atoms with Gasteiger partial charge in [0.05, 0.1) is 6.10 Å². The summed E-state index contributed by atoms with van der Waals surface area (Å²) >= 11 is 0. The highest BCUT2D eigenvalue weighted by Crippen LogP contribution is 2.39. The molecule has 3 atom stereocenters. The molecular formula is C27H40N4O2. The number of aliphatic hydroxyl groups is 1. The Morgan fingerprint density at radius 2 is 1.82 bits per heavy atom. The second-order valence-corrected chi connectivity index (χ2v) is 10.6. The smallest absolute Gasteiger partial charge is 0.247 e. The Balaban J connectivity index is 1.43. The Bertz CT molecular complexity index is 926. The van der Waals surface area contributed by atoms with Crippen molar-refractivity contribution in [3.63, 3.8) is 0 Å². The number of piperidine rings is 1. The first-order chi connectivity index (χ1) is 15.8. The molecule has 33 heavy (non-hydrogen) atoms. The minimum absolute atomic E-state index is 0.111. The molecule has 1 N–H and O–H groups in total. The van der Waals surface area contributed by atoms with Gasteiger partial charge in [0, 0.05) is 51.4 Å². The maximum Gasteiger partial charge on any atom is 0.247 e. The Morgan fingerprint density at radius 1 is 1.12 bits per heavy atom. The van der Waals surface area contributed by atoms with E-state index in [1.165, 1.54) is 5.57 Å². The molecular weight excluding hydrogens is 412 g/mol. The van der Waals surface area contributed by atoms with Gasteiger partial charge >= 0.3 is 0 Å². The van der Waals surface area contributed by atoms with Crippen molar-refractivity contribution in [2.24, 2.45) is 23.7 Å². The van der Waals surface area contributed by atoms with Crippen molar-refractivity contribution in [2.75, 3.05) is 38.6 Å². The van der Waals surface area contributed by atoms with E-state index in [0.717, 1.165) is 62.5 Å². The number of aromatic nitrogens is 2. The lowest BCUT2D eigenvalue weighted by atomic mass is 9.69.